The van der Waals surface area contributed by atoms with Gasteiger partial charge in [-0.1, -0.05) is 81.1 Å². The molecule has 12 heteroatoms. The van der Waals surface area contributed by atoms with Crippen molar-refractivity contribution in [3.8, 4) is 22.8 Å². The molecule has 5 rings (SSSR count). The molecular weight excluding hydrogens is 577 g/mol. The van der Waals surface area contributed by atoms with Crippen molar-refractivity contribution in [1.82, 2.24) is 19.7 Å². The van der Waals surface area contributed by atoms with Gasteiger partial charge in [-0.3, -0.25) is 9.69 Å². The number of carbonyl (C=O) groups excluding carboxylic acids is 1. The number of ether oxygens (including phenoxy) is 1. The highest BCUT2D eigenvalue weighted by molar-refractivity contribution is 8.14. The summed E-state index contributed by atoms with van der Waals surface area (Å²) in [6, 6.07) is 12.7. The molecule has 1 aliphatic carbocycles. The summed E-state index contributed by atoms with van der Waals surface area (Å²) in [6.45, 7) is 8.60. The number of amidine groups is 1. The van der Waals surface area contributed by atoms with E-state index in [1.807, 2.05) is 36.4 Å². The predicted octanol–water partition coefficient (Wildman–Crippen LogP) is 7.04. The number of nitrogens with zero attached hydrogens (tertiary/aromatic N) is 6. The van der Waals surface area contributed by atoms with Crippen LogP contribution >= 0.6 is 11.8 Å². The highest BCUT2D eigenvalue weighted by Crippen LogP contribution is 2.44. The summed E-state index contributed by atoms with van der Waals surface area (Å²) in [5.41, 5.74) is 1.44. The van der Waals surface area contributed by atoms with Crippen molar-refractivity contribution in [2.45, 2.75) is 46.0 Å². The molecule has 1 saturated heterocycles. The molecule has 8 nitrogen and oxygen atoms in total. The molecule has 1 amide bonds. The Bertz CT molecular complexity index is 1590. The van der Waals surface area contributed by atoms with E-state index in [9.17, 15) is 18.0 Å². The lowest BCUT2D eigenvalue weighted by molar-refractivity contribution is -0.274. The second-order valence-corrected chi connectivity index (χ2v) is 12.5. The van der Waals surface area contributed by atoms with Crippen LogP contribution in [0.3, 0.4) is 0 Å². The molecule has 2 unspecified atom stereocenters. The van der Waals surface area contributed by atoms with E-state index in [-0.39, 0.29) is 23.0 Å². The molecule has 43 heavy (non-hydrogen) atoms. The zero-order valence-corrected chi connectivity index (χ0v) is 24.9. The molecule has 1 aromatic heterocycles. The van der Waals surface area contributed by atoms with Crippen molar-refractivity contribution in [2.75, 3.05) is 5.75 Å². The third kappa shape index (κ3) is 6.90. The fourth-order valence-corrected chi connectivity index (χ4v) is 6.34. The molecule has 0 bridgehead atoms. The van der Waals surface area contributed by atoms with Gasteiger partial charge >= 0.3 is 6.36 Å². The molecule has 2 heterocycles. The summed E-state index contributed by atoms with van der Waals surface area (Å²) < 4.78 is 42.6. The van der Waals surface area contributed by atoms with Gasteiger partial charge in [0.2, 0.25) is 5.91 Å². The van der Waals surface area contributed by atoms with Crippen molar-refractivity contribution in [2.24, 2.45) is 21.5 Å². The van der Waals surface area contributed by atoms with Crippen LogP contribution in [0.25, 0.3) is 17.1 Å². The van der Waals surface area contributed by atoms with E-state index in [0.717, 1.165) is 11.1 Å². The largest absolute Gasteiger partial charge is 0.573 e. The zero-order chi connectivity index (χ0) is 30.8. The van der Waals surface area contributed by atoms with Gasteiger partial charge in [0.05, 0.1) is 17.4 Å². The number of thioether (sulfide) groups is 1. The molecule has 1 fully saturated rings. The van der Waals surface area contributed by atoms with E-state index < -0.39 is 11.9 Å². The highest BCUT2D eigenvalue weighted by Gasteiger charge is 2.48. The summed E-state index contributed by atoms with van der Waals surface area (Å²) in [6.07, 6.45) is 7.07. The SMILES string of the molecule is CC(C)(C)C1C=CC=CC1(C)N1C(=O)CCS/C1=N\N=C\c1ccc(-c2ncn(-c3ccc(OC(F)(F)F)cc3)n2)cc1. The molecule has 0 spiro atoms. The fourth-order valence-electron chi connectivity index (χ4n) is 5.35. The molecule has 224 valence electrons. The van der Waals surface area contributed by atoms with Crippen LogP contribution in [0.1, 0.15) is 39.7 Å². The van der Waals surface area contributed by atoms with Crippen LogP contribution in [0.5, 0.6) is 5.75 Å². The van der Waals surface area contributed by atoms with Crippen LogP contribution in [0.2, 0.25) is 0 Å². The molecule has 2 aliphatic rings. The maximum Gasteiger partial charge on any atom is 0.573 e. The average Bonchev–Trinajstić information content (AvgIpc) is 3.43. The van der Waals surface area contributed by atoms with Gasteiger partial charge in [0.15, 0.2) is 11.0 Å². The van der Waals surface area contributed by atoms with E-state index >= 15 is 0 Å². The molecule has 0 radical (unpaired) electrons. The Hall–Kier alpha value is -4.19. The lowest BCUT2D eigenvalue weighted by Gasteiger charge is -2.50. The number of allylic oxidation sites excluding steroid dienone is 2. The maximum atomic E-state index is 13.2. The van der Waals surface area contributed by atoms with E-state index in [2.05, 4.69) is 64.9 Å². The van der Waals surface area contributed by atoms with Gasteiger partial charge in [0, 0.05) is 23.7 Å². The second kappa shape index (κ2) is 11.8. The van der Waals surface area contributed by atoms with Gasteiger partial charge in [-0.2, -0.15) is 5.10 Å². The summed E-state index contributed by atoms with van der Waals surface area (Å²) in [5, 5.41) is 13.8. The quantitative estimate of drug-likeness (QED) is 0.222. The molecule has 0 saturated carbocycles. The Morgan fingerprint density at radius 1 is 1.07 bits per heavy atom. The van der Waals surface area contributed by atoms with Crippen LogP contribution in [0.15, 0.2) is 89.4 Å². The molecule has 1 aliphatic heterocycles. The molecule has 3 aromatic rings. The minimum absolute atomic E-state index is 0.0336. The van der Waals surface area contributed by atoms with Gasteiger partial charge in [0.1, 0.15) is 12.1 Å². The standard InChI is InChI=1S/C31H31F3N6O2S/c1-29(2,3)25-7-5-6-17-30(25,4)40-26(41)16-18-43-28(40)37-36-19-21-8-10-22(11-9-21)27-35-20-39(38-27)23-12-14-24(15-13-23)42-31(32,33)34/h5-15,17,19-20,25H,16,18H2,1-4H3/b36-19+,37-28-. The first-order chi connectivity index (χ1) is 20.3. The van der Waals surface area contributed by atoms with Gasteiger partial charge in [-0.05, 0) is 42.2 Å². The Balaban J connectivity index is 1.30. The maximum absolute atomic E-state index is 13.2. The zero-order valence-electron chi connectivity index (χ0n) is 24.1. The summed E-state index contributed by atoms with van der Waals surface area (Å²) >= 11 is 1.53. The van der Waals surface area contributed by atoms with Crippen LogP contribution in [-0.2, 0) is 4.79 Å². The molecule has 2 atom stereocenters. The summed E-state index contributed by atoms with van der Waals surface area (Å²) in [7, 11) is 0. The molecular formula is C31H31F3N6O2S. The van der Waals surface area contributed by atoms with Crippen molar-refractivity contribution < 1.29 is 22.7 Å². The number of aromatic nitrogens is 3. The third-order valence-electron chi connectivity index (χ3n) is 7.23. The van der Waals surface area contributed by atoms with Crippen LogP contribution in [-0.4, -0.2) is 54.6 Å². The van der Waals surface area contributed by atoms with Crippen LogP contribution in [0, 0.1) is 11.3 Å². The first-order valence-corrected chi connectivity index (χ1v) is 14.6. The first kappa shape index (κ1) is 30.3. The number of rotatable bonds is 6. The van der Waals surface area contributed by atoms with E-state index in [1.165, 1.54) is 47.0 Å². The Morgan fingerprint density at radius 3 is 2.47 bits per heavy atom. The minimum atomic E-state index is -4.75. The van der Waals surface area contributed by atoms with Crippen LogP contribution in [0.4, 0.5) is 13.2 Å². The number of alkyl halides is 3. The van der Waals surface area contributed by atoms with Gasteiger partial charge in [-0.25, -0.2) is 9.67 Å². The predicted molar refractivity (Wildman–Crippen MR) is 162 cm³/mol. The topological polar surface area (TPSA) is 85.0 Å². The lowest BCUT2D eigenvalue weighted by atomic mass is 9.67. The van der Waals surface area contributed by atoms with E-state index in [4.69, 9.17) is 0 Å². The van der Waals surface area contributed by atoms with Crippen molar-refractivity contribution >= 4 is 29.1 Å². The minimum Gasteiger partial charge on any atom is -0.406 e. The third-order valence-corrected chi connectivity index (χ3v) is 8.16. The number of carbonyl (C=O) groups is 1. The van der Waals surface area contributed by atoms with Gasteiger partial charge in [-0.15, -0.1) is 23.4 Å². The Labute approximate surface area is 252 Å². The average molecular weight is 609 g/mol. The molecule has 0 N–H and O–H groups in total. The second-order valence-electron chi connectivity index (χ2n) is 11.4. The van der Waals surface area contributed by atoms with E-state index in [1.54, 1.807) is 11.1 Å². The highest BCUT2D eigenvalue weighted by atomic mass is 32.2. The van der Waals surface area contributed by atoms with Crippen molar-refractivity contribution in [3.63, 3.8) is 0 Å². The summed E-state index contributed by atoms with van der Waals surface area (Å²) in [4.78, 5) is 19.3. The first-order valence-electron chi connectivity index (χ1n) is 13.6. The summed E-state index contributed by atoms with van der Waals surface area (Å²) in [5.74, 6) is 0.912. The Morgan fingerprint density at radius 2 is 1.79 bits per heavy atom. The normalized spacial score (nSPS) is 22.1. The number of hydrogen-bond acceptors (Lipinski definition) is 7. The van der Waals surface area contributed by atoms with Crippen molar-refractivity contribution in [1.29, 1.82) is 0 Å². The van der Waals surface area contributed by atoms with Crippen LogP contribution < -0.4 is 4.74 Å². The number of amides is 1. The number of benzene rings is 2. The lowest BCUT2D eigenvalue weighted by Crippen LogP contribution is -2.59. The number of hydrogen-bond donors (Lipinski definition) is 0. The Kier molecular flexibility index (Phi) is 8.33. The smallest absolute Gasteiger partial charge is 0.406 e. The fraction of sp³-hybridized carbons (Fsp3) is 0.323. The monoisotopic (exact) mass is 608 g/mol. The van der Waals surface area contributed by atoms with Gasteiger partial charge < -0.3 is 4.74 Å². The van der Waals surface area contributed by atoms with Gasteiger partial charge in [0.25, 0.3) is 0 Å². The van der Waals surface area contributed by atoms with E-state index in [0.29, 0.717) is 28.9 Å². The molecule has 2 aromatic carbocycles. The number of halogens is 3. The van der Waals surface area contributed by atoms with Crippen molar-refractivity contribution in [3.05, 3.63) is 84.7 Å².